The van der Waals surface area contributed by atoms with E-state index in [1.165, 1.54) is 6.92 Å². The van der Waals surface area contributed by atoms with Gasteiger partial charge in [0.1, 0.15) is 11.6 Å². The van der Waals surface area contributed by atoms with E-state index in [-0.39, 0.29) is 11.5 Å². The fourth-order valence-corrected chi connectivity index (χ4v) is 2.52. The number of hydrogen-bond donors (Lipinski definition) is 2. The Bertz CT molecular complexity index is 665. The highest BCUT2D eigenvalue weighted by molar-refractivity contribution is 6.06. The Kier molecular flexibility index (Phi) is 5.96. The molecule has 24 heavy (non-hydrogen) atoms. The maximum Gasteiger partial charge on any atom is 0.267 e. The third kappa shape index (κ3) is 5.13. The average molecular weight is 326 g/mol. The number of nitrogens with zero attached hydrogens (tertiary/aromatic N) is 2. The van der Waals surface area contributed by atoms with E-state index in [2.05, 4.69) is 17.6 Å². The molecule has 0 spiro atoms. The van der Waals surface area contributed by atoms with Gasteiger partial charge in [-0.1, -0.05) is 6.92 Å². The Morgan fingerprint density at radius 2 is 1.71 bits per heavy atom. The van der Waals surface area contributed by atoms with Crippen LogP contribution in [0.25, 0.3) is 0 Å². The fourth-order valence-electron chi connectivity index (χ4n) is 2.52. The summed E-state index contributed by atoms with van der Waals surface area (Å²) in [5.74, 6) is 0.108. The summed E-state index contributed by atoms with van der Waals surface area (Å²) in [4.78, 5) is 25.3. The van der Waals surface area contributed by atoms with Crippen molar-refractivity contribution in [3.05, 3.63) is 36.0 Å². The average Bonchev–Trinajstić information content (AvgIpc) is 2.55. The predicted molar refractivity (Wildman–Crippen MR) is 93.0 cm³/mol. The molecule has 6 heteroatoms. The lowest BCUT2D eigenvalue weighted by Crippen LogP contribution is -2.29. The molecule has 0 unspecified atom stereocenters. The SMILES string of the molecule is CC(=O)Nc1ccc(NC(=O)/C(C#N)=C\N2CCC(C)CC2)cc1. The van der Waals surface area contributed by atoms with Crippen LogP contribution in [0.5, 0.6) is 0 Å². The van der Waals surface area contributed by atoms with Gasteiger partial charge in [-0.2, -0.15) is 5.26 Å². The Balaban J connectivity index is 1.99. The molecule has 1 heterocycles. The number of likely N-dealkylation sites (tertiary alicyclic amines) is 1. The van der Waals surface area contributed by atoms with Crippen LogP contribution < -0.4 is 10.6 Å². The number of nitrogens with one attached hydrogen (secondary N) is 2. The molecule has 6 nitrogen and oxygen atoms in total. The van der Waals surface area contributed by atoms with Crippen LogP contribution in [0.15, 0.2) is 36.0 Å². The van der Waals surface area contributed by atoms with E-state index in [0.29, 0.717) is 17.3 Å². The first-order valence-electron chi connectivity index (χ1n) is 8.03. The largest absolute Gasteiger partial charge is 0.376 e. The highest BCUT2D eigenvalue weighted by Crippen LogP contribution is 2.18. The number of benzene rings is 1. The fraction of sp³-hybridized carbons (Fsp3) is 0.389. The van der Waals surface area contributed by atoms with Crippen LogP contribution in [0, 0.1) is 17.2 Å². The Morgan fingerprint density at radius 3 is 2.21 bits per heavy atom. The smallest absolute Gasteiger partial charge is 0.267 e. The third-order valence-corrected chi connectivity index (χ3v) is 3.96. The van der Waals surface area contributed by atoms with Crippen molar-refractivity contribution < 1.29 is 9.59 Å². The maximum absolute atomic E-state index is 12.2. The van der Waals surface area contributed by atoms with Crippen molar-refractivity contribution >= 4 is 23.2 Å². The number of amides is 2. The summed E-state index contributed by atoms with van der Waals surface area (Å²) in [6, 6.07) is 8.72. The first-order chi connectivity index (χ1) is 11.5. The first-order valence-corrected chi connectivity index (χ1v) is 8.03. The Hall–Kier alpha value is -2.81. The lowest BCUT2D eigenvalue weighted by atomic mass is 9.99. The van der Waals surface area contributed by atoms with Gasteiger partial charge in [0, 0.05) is 37.6 Å². The summed E-state index contributed by atoms with van der Waals surface area (Å²) in [7, 11) is 0. The second-order valence-corrected chi connectivity index (χ2v) is 6.09. The number of hydrogen-bond acceptors (Lipinski definition) is 4. The van der Waals surface area contributed by atoms with Gasteiger partial charge in [-0.15, -0.1) is 0 Å². The van der Waals surface area contributed by atoms with Crippen LogP contribution in [-0.4, -0.2) is 29.8 Å². The second-order valence-electron chi connectivity index (χ2n) is 6.09. The van der Waals surface area contributed by atoms with Gasteiger partial charge >= 0.3 is 0 Å². The molecule has 2 amide bonds. The second kappa shape index (κ2) is 8.16. The van der Waals surface area contributed by atoms with E-state index in [1.807, 2.05) is 11.0 Å². The third-order valence-electron chi connectivity index (χ3n) is 3.96. The van der Waals surface area contributed by atoms with Gasteiger partial charge in [-0.25, -0.2) is 0 Å². The van der Waals surface area contributed by atoms with Crippen LogP contribution in [0.2, 0.25) is 0 Å². The van der Waals surface area contributed by atoms with Crippen LogP contribution in [0.3, 0.4) is 0 Å². The molecular formula is C18H22N4O2. The van der Waals surface area contributed by atoms with E-state index in [4.69, 9.17) is 0 Å². The van der Waals surface area contributed by atoms with Crippen LogP contribution in [0.4, 0.5) is 11.4 Å². The standard InChI is InChI=1S/C18H22N4O2/c1-13-7-9-22(10-8-13)12-15(11-19)18(24)21-17-5-3-16(4-6-17)20-14(2)23/h3-6,12-13H,7-10H2,1-2H3,(H,20,23)(H,21,24)/b15-12-. The van der Waals surface area contributed by atoms with Gasteiger partial charge in [0.25, 0.3) is 5.91 Å². The Morgan fingerprint density at radius 1 is 1.17 bits per heavy atom. The minimum Gasteiger partial charge on any atom is -0.376 e. The zero-order valence-corrected chi connectivity index (χ0v) is 14.0. The Labute approximate surface area is 142 Å². The summed E-state index contributed by atoms with van der Waals surface area (Å²) in [5.41, 5.74) is 1.32. The topological polar surface area (TPSA) is 85.2 Å². The minimum atomic E-state index is -0.427. The molecule has 0 atom stereocenters. The van der Waals surface area contributed by atoms with Crippen molar-refractivity contribution in [2.45, 2.75) is 26.7 Å². The number of rotatable bonds is 4. The summed E-state index contributed by atoms with van der Waals surface area (Å²) in [5, 5.41) is 14.6. The van der Waals surface area contributed by atoms with Gasteiger partial charge in [-0.3, -0.25) is 9.59 Å². The molecule has 0 bridgehead atoms. The summed E-state index contributed by atoms with van der Waals surface area (Å²) >= 11 is 0. The first kappa shape index (κ1) is 17.5. The van der Waals surface area contributed by atoms with Gasteiger partial charge in [-0.05, 0) is 43.0 Å². The number of carbonyl (C=O) groups is 2. The van der Waals surface area contributed by atoms with Gasteiger partial charge < -0.3 is 15.5 Å². The van der Waals surface area contributed by atoms with E-state index < -0.39 is 5.91 Å². The molecule has 1 aliphatic heterocycles. The van der Waals surface area contributed by atoms with Crippen molar-refractivity contribution in [1.29, 1.82) is 5.26 Å². The number of carbonyl (C=O) groups excluding carboxylic acids is 2. The van der Waals surface area contributed by atoms with E-state index in [9.17, 15) is 14.9 Å². The lowest BCUT2D eigenvalue weighted by Gasteiger charge is -2.29. The summed E-state index contributed by atoms with van der Waals surface area (Å²) in [6.07, 6.45) is 3.79. The monoisotopic (exact) mass is 326 g/mol. The van der Waals surface area contributed by atoms with Gasteiger partial charge in [0.05, 0.1) is 0 Å². The van der Waals surface area contributed by atoms with Crippen LogP contribution in [0.1, 0.15) is 26.7 Å². The van der Waals surface area contributed by atoms with Crippen molar-refractivity contribution in [3.8, 4) is 6.07 Å². The van der Waals surface area contributed by atoms with Crippen molar-refractivity contribution in [2.75, 3.05) is 23.7 Å². The zero-order valence-electron chi connectivity index (χ0n) is 14.0. The van der Waals surface area contributed by atoms with Crippen molar-refractivity contribution in [1.82, 2.24) is 4.90 Å². The maximum atomic E-state index is 12.2. The molecule has 1 aliphatic rings. The number of anilines is 2. The van der Waals surface area contributed by atoms with Gasteiger partial charge in [0.2, 0.25) is 5.91 Å². The lowest BCUT2D eigenvalue weighted by molar-refractivity contribution is -0.114. The molecule has 2 rings (SSSR count). The molecule has 0 saturated carbocycles. The highest BCUT2D eigenvalue weighted by atomic mass is 16.2. The molecule has 1 saturated heterocycles. The molecule has 1 fully saturated rings. The minimum absolute atomic E-state index is 0.0930. The number of piperidine rings is 1. The normalized spacial score (nSPS) is 15.5. The van der Waals surface area contributed by atoms with E-state index >= 15 is 0 Å². The number of nitriles is 1. The quantitative estimate of drug-likeness (QED) is 0.658. The van der Waals surface area contributed by atoms with Crippen molar-refractivity contribution in [2.24, 2.45) is 5.92 Å². The summed E-state index contributed by atoms with van der Waals surface area (Å²) < 4.78 is 0. The predicted octanol–water partition coefficient (Wildman–Crippen LogP) is 2.72. The molecule has 1 aromatic carbocycles. The van der Waals surface area contributed by atoms with Crippen LogP contribution in [-0.2, 0) is 9.59 Å². The molecule has 0 radical (unpaired) electrons. The molecule has 0 aromatic heterocycles. The summed E-state index contributed by atoms with van der Waals surface area (Å²) in [6.45, 7) is 5.38. The molecule has 126 valence electrons. The molecule has 2 N–H and O–H groups in total. The van der Waals surface area contributed by atoms with Crippen LogP contribution >= 0.6 is 0 Å². The molecule has 0 aliphatic carbocycles. The van der Waals surface area contributed by atoms with Crippen molar-refractivity contribution in [3.63, 3.8) is 0 Å². The van der Waals surface area contributed by atoms with E-state index in [0.717, 1.165) is 25.9 Å². The zero-order chi connectivity index (χ0) is 17.5. The molecule has 1 aromatic rings. The van der Waals surface area contributed by atoms with Gasteiger partial charge in [0.15, 0.2) is 0 Å². The highest BCUT2D eigenvalue weighted by Gasteiger charge is 2.16. The molecular weight excluding hydrogens is 304 g/mol. The van der Waals surface area contributed by atoms with E-state index in [1.54, 1.807) is 30.5 Å².